The molecule has 1 fully saturated rings. The summed E-state index contributed by atoms with van der Waals surface area (Å²) in [5, 5.41) is 3.61. The number of aromatic nitrogens is 5. The van der Waals surface area contributed by atoms with Crippen LogP contribution in [0.2, 0.25) is 0 Å². The number of amides is 1. The highest BCUT2D eigenvalue weighted by molar-refractivity contribution is 6.02. The molecule has 0 radical (unpaired) electrons. The fourth-order valence-corrected chi connectivity index (χ4v) is 5.17. The van der Waals surface area contributed by atoms with Crippen molar-refractivity contribution in [2.75, 3.05) is 6.54 Å². The first-order valence-electron chi connectivity index (χ1n) is 13.0. The fourth-order valence-electron chi connectivity index (χ4n) is 5.17. The predicted octanol–water partition coefficient (Wildman–Crippen LogP) is 4.36. The van der Waals surface area contributed by atoms with Crippen LogP contribution in [-0.4, -0.2) is 36.5 Å². The number of rotatable bonds is 5. The minimum atomic E-state index is -1.02. The van der Waals surface area contributed by atoms with Gasteiger partial charge in [-0.3, -0.25) is 19.1 Å². The van der Waals surface area contributed by atoms with Crippen LogP contribution in [0.1, 0.15) is 53.2 Å². The summed E-state index contributed by atoms with van der Waals surface area (Å²) >= 11 is 0. The Hall–Kier alpha value is -4.91. The van der Waals surface area contributed by atoms with Crippen molar-refractivity contribution in [3.8, 4) is 11.8 Å². The molecular formula is C30H24F2N6O2. The van der Waals surface area contributed by atoms with Gasteiger partial charge in [0.05, 0.1) is 43.0 Å². The molecule has 8 nitrogen and oxygen atoms in total. The molecule has 3 heterocycles. The molecule has 6 rings (SSSR count). The molecule has 1 aliphatic rings. The SMILES string of the molecule is O=C(NCC#Cc1ccc2ncc3ncn(C4CCCC4)c3c2c1)c1cncn(Cc2ccc(F)c(F)c2)c1=O. The number of hydrogen-bond acceptors (Lipinski definition) is 5. The lowest BCUT2D eigenvalue weighted by molar-refractivity contribution is 0.0956. The zero-order valence-corrected chi connectivity index (χ0v) is 21.4. The summed E-state index contributed by atoms with van der Waals surface area (Å²) in [7, 11) is 0. The van der Waals surface area contributed by atoms with Crippen molar-refractivity contribution < 1.29 is 13.6 Å². The molecule has 0 aliphatic heterocycles. The van der Waals surface area contributed by atoms with Gasteiger partial charge in [0, 0.05) is 23.2 Å². The van der Waals surface area contributed by atoms with Crippen molar-refractivity contribution in [3.63, 3.8) is 0 Å². The van der Waals surface area contributed by atoms with Crippen LogP contribution in [0, 0.1) is 23.5 Å². The smallest absolute Gasteiger partial charge is 0.266 e. The lowest BCUT2D eigenvalue weighted by atomic mass is 10.1. The molecule has 200 valence electrons. The van der Waals surface area contributed by atoms with Gasteiger partial charge in [-0.15, -0.1) is 0 Å². The number of fused-ring (bicyclic) bond motifs is 3. The van der Waals surface area contributed by atoms with E-state index < -0.39 is 23.1 Å². The Morgan fingerprint density at radius 3 is 2.67 bits per heavy atom. The van der Waals surface area contributed by atoms with Gasteiger partial charge in [0.15, 0.2) is 11.6 Å². The van der Waals surface area contributed by atoms with E-state index in [1.807, 2.05) is 24.5 Å². The second-order valence-electron chi connectivity index (χ2n) is 9.79. The van der Waals surface area contributed by atoms with E-state index in [9.17, 15) is 18.4 Å². The summed E-state index contributed by atoms with van der Waals surface area (Å²) in [5.41, 5.74) is 3.13. The lowest BCUT2D eigenvalue weighted by Crippen LogP contribution is -2.33. The third-order valence-electron chi connectivity index (χ3n) is 7.17. The van der Waals surface area contributed by atoms with Crippen LogP contribution in [0.15, 0.2) is 66.2 Å². The van der Waals surface area contributed by atoms with Crippen LogP contribution >= 0.6 is 0 Å². The Balaban J connectivity index is 1.18. The first-order valence-corrected chi connectivity index (χ1v) is 13.0. The minimum absolute atomic E-state index is 0.0107. The molecule has 1 aliphatic carbocycles. The maximum absolute atomic E-state index is 13.5. The quantitative estimate of drug-likeness (QED) is 0.336. The number of carbonyl (C=O) groups excluding carboxylic acids is 1. The summed E-state index contributed by atoms with van der Waals surface area (Å²) in [6.07, 6.45) is 10.8. The van der Waals surface area contributed by atoms with E-state index in [0.717, 1.165) is 57.0 Å². The molecular weight excluding hydrogens is 514 g/mol. The van der Waals surface area contributed by atoms with Gasteiger partial charge < -0.3 is 9.88 Å². The van der Waals surface area contributed by atoms with Crippen molar-refractivity contribution in [1.82, 2.24) is 29.4 Å². The third-order valence-corrected chi connectivity index (χ3v) is 7.17. The summed E-state index contributed by atoms with van der Waals surface area (Å²) in [6, 6.07) is 9.58. The fraction of sp³-hybridized carbons (Fsp3) is 0.233. The van der Waals surface area contributed by atoms with Gasteiger partial charge in [-0.1, -0.05) is 30.7 Å². The van der Waals surface area contributed by atoms with Crippen LogP contribution < -0.4 is 10.9 Å². The number of pyridine rings is 1. The topological polar surface area (TPSA) is 94.7 Å². The molecule has 0 atom stereocenters. The Kier molecular flexibility index (Phi) is 6.78. The van der Waals surface area contributed by atoms with E-state index in [4.69, 9.17) is 0 Å². The number of halogens is 2. The third kappa shape index (κ3) is 4.94. The molecule has 0 spiro atoms. The number of hydrogen-bond donors (Lipinski definition) is 1. The maximum Gasteiger partial charge on any atom is 0.266 e. The molecule has 2 aromatic carbocycles. The zero-order valence-electron chi connectivity index (χ0n) is 21.4. The largest absolute Gasteiger partial charge is 0.341 e. The monoisotopic (exact) mass is 538 g/mol. The van der Waals surface area contributed by atoms with Crippen LogP contribution in [0.5, 0.6) is 0 Å². The van der Waals surface area contributed by atoms with Crippen molar-refractivity contribution in [2.24, 2.45) is 0 Å². The summed E-state index contributed by atoms with van der Waals surface area (Å²) in [6.45, 7) is -0.0511. The highest BCUT2D eigenvalue weighted by atomic mass is 19.2. The predicted molar refractivity (Wildman–Crippen MR) is 146 cm³/mol. The van der Waals surface area contributed by atoms with E-state index in [0.29, 0.717) is 11.6 Å². The molecule has 10 heteroatoms. The summed E-state index contributed by atoms with van der Waals surface area (Å²) in [4.78, 5) is 38.5. The minimum Gasteiger partial charge on any atom is -0.341 e. The van der Waals surface area contributed by atoms with E-state index >= 15 is 0 Å². The van der Waals surface area contributed by atoms with Crippen LogP contribution in [0.4, 0.5) is 8.78 Å². The molecule has 40 heavy (non-hydrogen) atoms. The summed E-state index contributed by atoms with van der Waals surface area (Å²) in [5.74, 6) is 3.38. The molecule has 1 amide bonds. The van der Waals surface area contributed by atoms with Crippen LogP contribution in [-0.2, 0) is 6.54 Å². The average molecular weight is 539 g/mol. The molecule has 0 unspecified atom stereocenters. The highest BCUT2D eigenvalue weighted by Crippen LogP contribution is 2.34. The molecule has 1 saturated carbocycles. The second-order valence-corrected chi connectivity index (χ2v) is 9.79. The number of nitrogens with one attached hydrogen (secondary N) is 1. The van der Waals surface area contributed by atoms with Gasteiger partial charge in [-0.05, 0) is 48.7 Å². The van der Waals surface area contributed by atoms with Gasteiger partial charge in [0.2, 0.25) is 0 Å². The first kappa shape index (κ1) is 25.4. The highest BCUT2D eigenvalue weighted by Gasteiger charge is 2.20. The molecule has 0 bridgehead atoms. The van der Waals surface area contributed by atoms with E-state index in [1.165, 1.54) is 31.4 Å². The van der Waals surface area contributed by atoms with E-state index in [1.54, 1.807) is 6.20 Å². The van der Waals surface area contributed by atoms with E-state index in [-0.39, 0.29) is 18.7 Å². The van der Waals surface area contributed by atoms with Gasteiger partial charge in [-0.2, -0.15) is 0 Å². The van der Waals surface area contributed by atoms with Crippen molar-refractivity contribution >= 4 is 27.8 Å². The molecule has 5 aromatic rings. The Morgan fingerprint density at radius 1 is 1.00 bits per heavy atom. The zero-order chi connectivity index (χ0) is 27.6. The van der Waals surface area contributed by atoms with Crippen LogP contribution in [0.3, 0.4) is 0 Å². The Labute approximate surface area is 227 Å². The Bertz CT molecular complexity index is 1880. The van der Waals surface area contributed by atoms with Gasteiger partial charge in [-0.25, -0.2) is 18.7 Å². The number of nitrogens with zero attached hydrogens (tertiary/aromatic N) is 5. The standard InChI is InChI=1S/C30H24F2N6O2/c31-24-9-7-20(13-25(24)32)16-37-17-33-14-23(30(37)40)29(39)34-11-3-4-19-8-10-26-22(12-19)28-27(15-35-26)36-18-38(28)21-5-1-2-6-21/h7-10,12-15,17-18,21H,1-2,5-6,11,16H2,(H,34,39). The Morgan fingerprint density at radius 2 is 1.85 bits per heavy atom. The number of benzene rings is 2. The molecule has 3 aromatic heterocycles. The maximum atomic E-state index is 13.5. The van der Waals surface area contributed by atoms with Gasteiger partial charge >= 0.3 is 0 Å². The lowest BCUT2D eigenvalue weighted by Gasteiger charge is -2.13. The van der Waals surface area contributed by atoms with E-state index in [2.05, 4.69) is 36.7 Å². The summed E-state index contributed by atoms with van der Waals surface area (Å²) < 4.78 is 30.2. The number of imidazole rings is 1. The van der Waals surface area contributed by atoms with Gasteiger partial charge in [0.1, 0.15) is 11.1 Å². The van der Waals surface area contributed by atoms with Crippen molar-refractivity contribution in [1.29, 1.82) is 0 Å². The van der Waals surface area contributed by atoms with Crippen LogP contribution in [0.25, 0.3) is 21.9 Å². The second kappa shape index (κ2) is 10.7. The van der Waals surface area contributed by atoms with Crippen molar-refractivity contribution in [3.05, 3.63) is 100 Å². The van der Waals surface area contributed by atoms with Gasteiger partial charge in [0.25, 0.3) is 11.5 Å². The normalized spacial score (nSPS) is 13.4. The molecule has 1 N–H and O–H groups in total. The van der Waals surface area contributed by atoms with Crippen molar-refractivity contribution in [2.45, 2.75) is 38.3 Å². The molecule has 0 saturated heterocycles. The first-order chi connectivity index (χ1) is 19.5. The average Bonchev–Trinajstić information content (AvgIpc) is 3.64. The number of carbonyl (C=O) groups is 1.